The fourth-order valence-electron chi connectivity index (χ4n) is 2.40. The normalized spacial score (nSPS) is 11.1. The molecule has 0 aliphatic rings. The van der Waals surface area contributed by atoms with Crippen LogP contribution in [-0.4, -0.2) is 21.1 Å². The molecule has 0 spiro atoms. The molecule has 3 rings (SSSR count). The van der Waals surface area contributed by atoms with Gasteiger partial charge in [0.25, 0.3) is 0 Å². The second-order valence-corrected chi connectivity index (χ2v) is 4.84. The zero-order valence-corrected chi connectivity index (χ0v) is 11.6. The Morgan fingerprint density at radius 2 is 2.05 bits per heavy atom. The summed E-state index contributed by atoms with van der Waals surface area (Å²) < 4.78 is 2.26. The smallest absolute Gasteiger partial charge is 0.106 e. The van der Waals surface area contributed by atoms with Crippen molar-refractivity contribution < 1.29 is 0 Å². The molecule has 0 amide bonds. The second-order valence-electron chi connectivity index (χ2n) is 4.84. The number of benzene rings is 1. The van der Waals surface area contributed by atoms with Crippen molar-refractivity contribution in [3.05, 3.63) is 60.2 Å². The molecule has 0 saturated carbocycles. The van der Waals surface area contributed by atoms with Gasteiger partial charge in [-0.15, -0.1) is 0 Å². The maximum Gasteiger partial charge on any atom is 0.106 e. The molecule has 0 atom stereocenters. The Kier molecular flexibility index (Phi) is 3.74. The molecule has 0 fully saturated rings. The predicted molar refractivity (Wildman–Crippen MR) is 80.4 cm³/mol. The Hall–Kier alpha value is -2.20. The van der Waals surface area contributed by atoms with Gasteiger partial charge < -0.3 is 9.88 Å². The highest BCUT2D eigenvalue weighted by atomic mass is 15.1. The number of hydrogen-bond acceptors (Lipinski definition) is 3. The van der Waals surface area contributed by atoms with Gasteiger partial charge in [0.15, 0.2) is 0 Å². The molecular weight excluding hydrogens is 248 g/mol. The van der Waals surface area contributed by atoms with Crippen LogP contribution in [0.25, 0.3) is 11.0 Å². The number of nitrogens with zero attached hydrogens (tertiary/aromatic N) is 3. The lowest BCUT2D eigenvalue weighted by Gasteiger charge is -2.08. The van der Waals surface area contributed by atoms with Crippen LogP contribution < -0.4 is 5.32 Å². The summed E-state index contributed by atoms with van der Waals surface area (Å²) in [4.78, 5) is 8.69. The summed E-state index contributed by atoms with van der Waals surface area (Å²) >= 11 is 0. The lowest BCUT2D eigenvalue weighted by atomic mass is 10.3. The van der Waals surface area contributed by atoms with Crippen molar-refractivity contribution in [2.75, 3.05) is 6.54 Å². The van der Waals surface area contributed by atoms with Crippen LogP contribution in [0.3, 0.4) is 0 Å². The van der Waals surface area contributed by atoms with E-state index in [0.717, 1.165) is 31.0 Å². The minimum Gasteiger partial charge on any atom is -0.327 e. The predicted octanol–water partition coefficient (Wildman–Crippen LogP) is 2.53. The molecule has 2 heterocycles. The molecule has 0 aliphatic carbocycles. The minimum atomic E-state index is 0.847. The van der Waals surface area contributed by atoms with Crippen LogP contribution in [0.5, 0.6) is 0 Å². The number of imidazole rings is 1. The maximum atomic E-state index is 4.58. The molecule has 0 radical (unpaired) electrons. The van der Waals surface area contributed by atoms with E-state index in [0.29, 0.717) is 0 Å². The lowest BCUT2D eigenvalue weighted by Crippen LogP contribution is -2.20. The van der Waals surface area contributed by atoms with Crippen molar-refractivity contribution in [1.82, 2.24) is 19.9 Å². The maximum absolute atomic E-state index is 4.58. The van der Waals surface area contributed by atoms with Gasteiger partial charge in [-0.05, 0) is 30.7 Å². The topological polar surface area (TPSA) is 42.7 Å². The molecule has 1 N–H and O–H groups in total. The summed E-state index contributed by atoms with van der Waals surface area (Å²) in [7, 11) is 0. The molecule has 2 aromatic heterocycles. The van der Waals surface area contributed by atoms with E-state index in [1.165, 1.54) is 11.1 Å². The Balaban J connectivity index is 1.61. The summed E-state index contributed by atoms with van der Waals surface area (Å²) in [5.74, 6) is 1.06. The van der Waals surface area contributed by atoms with E-state index in [1.54, 1.807) is 6.20 Å². The molecule has 102 valence electrons. The minimum absolute atomic E-state index is 0.847. The van der Waals surface area contributed by atoms with Gasteiger partial charge >= 0.3 is 0 Å². The van der Waals surface area contributed by atoms with Gasteiger partial charge in [0.1, 0.15) is 5.82 Å². The van der Waals surface area contributed by atoms with Crippen molar-refractivity contribution >= 4 is 11.0 Å². The van der Waals surface area contributed by atoms with Gasteiger partial charge in [0, 0.05) is 32.0 Å². The van der Waals surface area contributed by atoms with Crippen molar-refractivity contribution in [1.29, 1.82) is 0 Å². The molecular formula is C16H18N4. The van der Waals surface area contributed by atoms with E-state index in [1.807, 2.05) is 18.3 Å². The first-order chi connectivity index (χ1) is 9.84. The number of aryl methyl sites for hydroxylation is 1. The van der Waals surface area contributed by atoms with E-state index >= 15 is 0 Å². The van der Waals surface area contributed by atoms with Crippen LogP contribution in [0.4, 0.5) is 0 Å². The number of hydrogen-bond donors (Lipinski definition) is 1. The molecule has 1 aromatic carbocycles. The first-order valence-electron chi connectivity index (χ1n) is 6.86. The number of rotatable bonds is 5. The van der Waals surface area contributed by atoms with Crippen LogP contribution in [-0.2, 0) is 13.1 Å². The molecule has 20 heavy (non-hydrogen) atoms. The van der Waals surface area contributed by atoms with Gasteiger partial charge in [0.05, 0.1) is 11.0 Å². The summed E-state index contributed by atoms with van der Waals surface area (Å²) in [6, 6.07) is 12.3. The number of pyridine rings is 1. The van der Waals surface area contributed by atoms with E-state index in [2.05, 4.69) is 51.0 Å². The number of aromatic nitrogens is 3. The third kappa shape index (κ3) is 2.70. The van der Waals surface area contributed by atoms with E-state index < -0.39 is 0 Å². The highest BCUT2D eigenvalue weighted by Gasteiger charge is 2.05. The Labute approximate surface area is 118 Å². The monoisotopic (exact) mass is 266 g/mol. The van der Waals surface area contributed by atoms with Gasteiger partial charge in [-0.1, -0.05) is 18.2 Å². The summed E-state index contributed by atoms with van der Waals surface area (Å²) in [6.07, 6.45) is 3.69. The quantitative estimate of drug-likeness (QED) is 0.722. The van der Waals surface area contributed by atoms with Gasteiger partial charge in [-0.25, -0.2) is 4.98 Å². The highest BCUT2D eigenvalue weighted by molar-refractivity contribution is 5.75. The van der Waals surface area contributed by atoms with Gasteiger partial charge in [0.2, 0.25) is 0 Å². The fraction of sp³-hybridized carbons (Fsp3) is 0.250. The van der Waals surface area contributed by atoms with Gasteiger partial charge in [-0.2, -0.15) is 0 Å². The average Bonchev–Trinajstić information content (AvgIpc) is 2.80. The third-order valence-electron chi connectivity index (χ3n) is 3.41. The number of fused-ring (bicyclic) bond motifs is 1. The lowest BCUT2D eigenvalue weighted by molar-refractivity contribution is 0.597. The Morgan fingerprint density at radius 1 is 1.15 bits per heavy atom. The molecule has 0 aliphatic heterocycles. The zero-order valence-electron chi connectivity index (χ0n) is 11.6. The Morgan fingerprint density at radius 3 is 2.90 bits per heavy atom. The first-order valence-corrected chi connectivity index (χ1v) is 6.86. The van der Waals surface area contributed by atoms with Crippen LogP contribution in [0.15, 0.2) is 48.8 Å². The second kappa shape index (κ2) is 5.84. The van der Waals surface area contributed by atoms with Crippen molar-refractivity contribution in [2.24, 2.45) is 0 Å². The Bertz CT molecular complexity index is 688. The van der Waals surface area contributed by atoms with Crippen LogP contribution in [0.2, 0.25) is 0 Å². The summed E-state index contributed by atoms with van der Waals surface area (Å²) in [5, 5.41) is 3.44. The zero-order chi connectivity index (χ0) is 13.8. The number of para-hydroxylation sites is 2. The summed E-state index contributed by atoms with van der Waals surface area (Å²) in [5.41, 5.74) is 3.48. The van der Waals surface area contributed by atoms with E-state index in [-0.39, 0.29) is 0 Å². The average molecular weight is 266 g/mol. The molecule has 4 nitrogen and oxygen atoms in total. The van der Waals surface area contributed by atoms with E-state index in [9.17, 15) is 0 Å². The standard InChI is InChI=1S/C16H18N4/c1-13-19-15-6-2-3-7-16(15)20(13)10-9-18-12-14-5-4-8-17-11-14/h2-8,11,18H,9-10,12H2,1H3. The fourth-order valence-corrected chi connectivity index (χ4v) is 2.40. The van der Waals surface area contributed by atoms with Crippen LogP contribution in [0, 0.1) is 6.92 Å². The van der Waals surface area contributed by atoms with E-state index in [4.69, 9.17) is 0 Å². The van der Waals surface area contributed by atoms with Crippen molar-refractivity contribution in [3.63, 3.8) is 0 Å². The molecule has 3 aromatic rings. The number of nitrogens with one attached hydrogen (secondary N) is 1. The third-order valence-corrected chi connectivity index (χ3v) is 3.41. The van der Waals surface area contributed by atoms with Crippen LogP contribution >= 0.6 is 0 Å². The largest absolute Gasteiger partial charge is 0.327 e. The highest BCUT2D eigenvalue weighted by Crippen LogP contribution is 2.14. The first kappa shape index (κ1) is 12.8. The molecule has 0 saturated heterocycles. The SMILES string of the molecule is Cc1nc2ccccc2n1CCNCc1cccnc1. The molecule has 4 heteroatoms. The molecule has 0 unspecified atom stereocenters. The molecule has 0 bridgehead atoms. The summed E-state index contributed by atoms with van der Waals surface area (Å²) in [6.45, 7) is 4.74. The van der Waals surface area contributed by atoms with Crippen molar-refractivity contribution in [3.8, 4) is 0 Å². The van der Waals surface area contributed by atoms with Gasteiger partial charge in [-0.3, -0.25) is 4.98 Å². The van der Waals surface area contributed by atoms with Crippen LogP contribution in [0.1, 0.15) is 11.4 Å². The van der Waals surface area contributed by atoms with Crippen molar-refractivity contribution in [2.45, 2.75) is 20.0 Å².